The third-order valence-electron chi connectivity index (χ3n) is 5.75. The number of carbonyl (C=O) groups excluding carboxylic acids is 2. The van der Waals surface area contributed by atoms with E-state index in [0.717, 1.165) is 44.6 Å². The van der Waals surface area contributed by atoms with Crippen LogP contribution in [0.15, 0.2) is 42.5 Å². The summed E-state index contributed by atoms with van der Waals surface area (Å²) >= 11 is 18.6. The van der Waals surface area contributed by atoms with Crippen molar-refractivity contribution in [2.75, 3.05) is 5.88 Å². The predicted octanol–water partition coefficient (Wildman–Crippen LogP) is 6.28. The number of nitrogens with one attached hydrogen (secondary N) is 1. The second-order valence-electron chi connectivity index (χ2n) is 8.01. The Kier molecular flexibility index (Phi) is 9.21. The average molecular weight is 500 g/mol. The lowest BCUT2D eigenvalue weighted by atomic mass is 10.0. The van der Waals surface area contributed by atoms with E-state index in [-0.39, 0.29) is 29.4 Å². The first-order chi connectivity index (χ1) is 15.4. The van der Waals surface area contributed by atoms with E-state index in [1.807, 2.05) is 0 Å². The molecule has 0 saturated heterocycles. The van der Waals surface area contributed by atoms with Gasteiger partial charge in [-0.3, -0.25) is 9.59 Å². The lowest BCUT2D eigenvalue weighted by Crippen LogP contribution is -2.46. The molecule has 0 aliphatic heterocycles. The van der Waals surface area contributed by atoms with Gasteiger partial charge in [0.1, 0.15) is 17.7 Å². The molecule has 1 saturated carbocycles. The number of hydrogen-bond acceptors (Lipinski definition) is 2. The number of alkyl halides is 1. The molecule has 172 valence electrons. The fourth-order valence-corrected chi connectivity index (χ4v) is 4.71. The highest BCUT2D eigenvalue weighted by molar-refractivity contribution is 6.32. The number of amides is 2. The zero-order valence-corrected chi connectivity index (χ0v) is 19.9. The van der Waals surface area contributed by atoms with Crippen molar-refractivity contribution in [1.29, 1.82) is 0 Å². The van der Waals surface area contributed by atoms with E-state index in [4.69, 9.17) is 34.8 Å². The first kappa shape index (κ1) is 24.8. The van der Waals surface area contributed by atoms with Crippen molar-refractivity contribution in [3.8, 4) is 0 Å². The summed E-state index contributed by atoms with van der Waals surface area (Å²) in [6.07, 6.45) is 6.12. The number of benzene rings is 2. The van der Waals surface area contributed by atoms with Gasteiger partial charge in [-0.15, -0.1) is 11.6 Å². The number of rotatable bonds is 7. The van der Waals surface area contributed by atoms with Crippen LogP contribution in [-0.2, 0) is 16.1 Å². The molecule has 0 bridgehead atoms. The van der Waals surface area contributed by atoms with Crippen molar-refractivity contribution in [3.05, 3.63) is 69.5 Å². The molecular weight excluding hydrogens is 474 g/mol. The minimum Gasteiger partial charge on any atom is -0.351 e. The van der Waals surface area contributed by atoms with Crippen LogP contribution >= 0.6 is 34.8 Å². The van der Waals surface area contributed by atoms with Gasteiger partial charge in [0.25, 0.3) is 0 Å². The SMILES string of the molecule is O=C(NC1CCCCCC1)[C@@H](c1ccc(F)cc1Cl)N(Cc1ccccc1Cl)C(=O)CCl. The van der Waals surface area contributed by atoms with Crippen LogP contribution < -0.4 is 5.32 Å². The third-order valence-corrected chi connectivity index (χ3v) is 6.68. The number of halogens is 4. The van der Waals surface area contributed by atoms with Gasteiger partial charge in [-0.2, -0.15) is 0 Å². The molecule has 8 heteroatoms. The van der Waals surface area contributed by atoms with Crippen molar-refractivity contribution in [3.63, 3.8) is 0 Å². The summed E-state index contributed by atoms with van der Waals surface area (Å²) in [6, 6.07) is 9.83. The van der Waals surface area contributed by atoms with Gasteiger partial charge >= 0.3 is 0 Å². The van der Waals surface area contributed by atoms with E-state index >= 15 is 0 Å². The van der Waals surface area contributed by atoms with Gasteiger partial charge in [-0.1, -0.05) is 73.2 Å². The number of hydrogen-bond donors (Lipinski definition) is 1. The quantitative estimate of drug-likeness (QED) is 0.360. The molecule has 4 nitrogen and oxygen atoms in total. The van der Waals surface area contributed by atoms with Crippen LogP contribution in [0.3, 0.4) is 0 Å². The minimum absolute atomic E-state index is 0.0139. The maximum absolute atomic E-state index is 13.8. The van der Waals surface area contributed by atoms with Crippen molar-refractivity contribution in [2.24, 2.45) is 0 Å². The van der Waals surface area contributed by atoms with E-state index in [9.17, 15) is 14.0 Å². The Morgan fingerprint density at radius 3 is 2.34 bits per heavy atom. The maximum Gasteiger partial charge on any atom is 0.247 e. The molecule has 0 aromatic heterocycles. The molecule has 1 fully saturated rings. The van der Waals surface area contributed by atoms with Crippen LogP contribution in [0.25, 0.3) is 0 Å². The van der Waals surface area contributed by atoms with Crippen LogP contribution in [0.4, 0.5) is 4.39 Å². The Bertz CT molecular complexity index is 949. The Hall–Kier alpha value is -1.82. The van der Waals surface area contributed by atoms with Gasteiger partial charge < -0.3 is 10.2 Å². The van der Waals surface area contributed by atoms with Gasteiger partial charge in [0.15, 0.2) is 0 Å². The summed E-state index contributed by atoms with van der Waals surface area (Å²) in [4.78, 5) is 27.9. The second-order valence-corrected chi connectivity index (χ2v) is 9.09. The van der Waals surface area contributed by atoms with Crippen molar-refractivity contribution >= 4 is 46.6 Å². The second kappa shape index (κ2) is 11.9. The van der Waals surface area contributed by atoms with Crippen LogP contribution in [0.5, 0.6) is 0 Å². The van der Waals surface area contributed by atoms with Crippen LogP contribution in [0.1, 0.15) is 55.7 Å². The normalized spacial score (nSPS) is 15.6. The molecule has 1 aliphatic rings. The summed E-state index contributed by atoms with van der Waals surface area (Å²) in [5.41, 5.74) is 1.00. The fraction of sp³-hybridized carbons (Fsp3) is 0.417. The molecule has 0 radical (unpaired) electrons. The molecule has 2 amide bonds. The zero-order valence-electron chi connectivity index (χ0n) is 17.6. The lowest BCUT2D eigenvalue weighted by molar-refractivity contribution is -0.140. The van der Waals surface area contributed by atoms with Crippen LogP contribution in [0, 0.1) is 5.82 Å². The first-order valence-electron chi connectivity index (χ1n) is 10.7. The standard InChI is InChI=1S/C24H26Cl3FN2O2/c25-14-22(31)30(15-16-7-5-6-10-20(16)26)23(19-12-11-17(28)13-21(19)27)24(32)29-18-8-3-1-2-4-9-18/h5-7,10-13,18,23H,1-4,8-9,14-15H2,(H,29,32)/t23-/m1/s1. The summed E-state index contributed by atoms with van der Waals surface area (Å²) in [5.74, 6) is -1.66. The molecule has 0 heterocycles. The molecule has 1 N–H and O–H groups in total. The van der Waals surface area contributed by atoms with Crippen LogP contribution in [0.2, 0.25) is 10.0 Å². The molecule has 1 aliphatic carbocycles. The molecule has 2 aromatic carbocycles. The Labute approximate surface area is 203 Å². The third kappa shape index (κ3) is 6.37. The Morgan fingerprint density at radius 1 is 1.03 bits per heavy atom. The first-order valence-corrected chi connectivity index (χ1v) is 12.0. The minimum atomic E-state index is -1.08. The van der Waals surface area contributed by atoms with E-state index < -0.39 is 17.8 Å². The highest BCUT2D eigenvalue weighted by Gasteiger charge is 2.34. The zero-order chi connectivity index (χ0) is 23.1. The van der Waals surface area contributed by atoms with E-state index in [2.05, 4.69) is 5.32 Å². The van der Waals surface area contributed by atoms with Gasteiger partial charge in [0, 0.05) is 28.2 Å². The number of carbonyl (C=O) groups is 2. The highest BCUT2D eigenvalue weighted by Crippen LogP contribution is 2.32. The van der Waals surface area contributed by atoms with Gasteiger partial charge in [0.2, 0.25) is 11.8 Å². The summed E-state index contributed by atoms with van der Waals surface area (Å²) in [7, 11) is 0. The lowest BCUT2D eigenvalue weighted by Gasteiger charge is -2.33. The predicted molar refractivity (Wildman–Crippen MR) is 127 cm³/mol. The highest BCUT2D eigenvalue weighted by atomic mass is 35.5. The van der Waals surface area contributed by atoms with Crippen molar-refractivity contribution in [2.45, 2.75) is 57.2 Å². The number of nitrogens with zero attached hydrogens (tertiary/aromatic N) is 1. The summed E-state index contributed by atoms with van der Waals surface area (Å²) in [6.45, 7) is 0.0572. The van der Waals surface area contributed by atoms with Gasteiger partial charge in [-0.05, 0) is 36.6 Å². The monoisotopic (exact) mass is 498 g/mol. The van der Waals surface area contributed by atoms with E-state index in [1.165, 1.54) is 17.0 Å². The topological polar surface area (TPSA) is 49.4 Å². The molecule has 3 rings (SSSR count). The van der Waals surface area contributed by atoms with Gasteiger partial charge in [0.05, 0.1) is 0 Å². The Morgan fingerprint density at radius 2 is 1.72 bits per heavy atom. The van der Waals surface area contributed by atoms with E-state index in [0.29, 0.717) is 16.1 Å². The Balaban J connectivity index is 2.00. The van der Waals surface area contributed by atoms with Crippen LogP contribution in [-0.4, -0.2) is 28.6 Å². The van der Waals surface area contributed by atoms with E-state index in [1.54, 1.807) is 24.3 Å². The van der Waals surface area contributed by atoms with Crippen molar-refractivity contribution in [1.82, 2.24) is 10.2 Å². The maximum atomic E-state index is 13.8. The van der Waals surface area contributed by atoms with Gasteiger partial charge in [-0.25, -0.2) is 4.39 Å². The largest absolute Gasteiger partial charge is 0.351 e. The fourth-order valence-electron chi connectivity index (χ4n) is 4.09. The average Bonchev–Trinajstić information content (AvgIpc) is 3.04. The van der Waals surface area contributed by atoms with Crippen molar-refractivity contribution < 1.29 is 14.0 Å². The molecule has 2 aromatic rings. The molecule has 32 heavy (non-hydrogen) atoms. The molecule has 0 spiro atoms. The molecule has 0 unspecified atom stereocenters. The smallest absolute Gasteiger partial charge is 0.247 e. The molecular formula is C24H26Cl3FN2O2. The summed E-state index contributed by atoms with van der Waals surface area (Å²) < 4.78 is 13.8. The molecule has 1 atom stereocenters. The summed E-state index contributed by atoms with van der Waals surface area (Å²) in [5, 5.41) is 3.63.